The highest BCUT2D eigenvalue weighted by atomic mass is 16.5. The molecule has 2 aliphatic heterocycles. The van der Waals surface area contributed by atoms with Crippen LogP contribution in [0.3, 0.4) is 0 Å². The van der Waals surface area contributed by atoms with E-state index in [9.17, 15) is 14.7 Å². The zero-order valence-electron chi connectivity index (χ0n) is 23.8. The maximum Gasteiger partial charge on any atom is 0.328 e. The van der Waals surface area contributed by atoms with Crippen molar-refractivity contribution in [2.75, 3.05) is 52.2 Å². The number of urea groups is 1. The Bertz CT molecular complexity index is 1190. The van der Waals surface area contributed by atoms with E-state index in [1.807, 2.05) is 78.5 Å². The number of hydrogen-bond acceptors (Lipinski definition) is 8. The average Bonchev–Trinajstić information content (AvgIpc) is 3.28. The molecule has 2 aromatic carbocycles. The molecule has 3 N–H and O–H groups in total. The molecule has 2 atom stereocenters. The minimum Gasteiger partial charge on any atom is -0.399 e. The highest BCUT2D eigenvalue weighted by Gasteiger charge is 2.62. The molecule has 40 heavy (non-hydrogen) atoms. The molecular formula is C30H42N6O4. The second-order valence-corrected chi connectivity index (χ2v) is 10.2. The lowest BCUT2D eigenvalue weighted by molar-refractivity contribution is -0.151. The van der Waals surface area contributed by atoms with E-state index in [-0.39, 0.29) is 25.1 Å². The van der Waals surface area contributed by atoms with Gasteiger partial charge >= 0.3 is 6.03 Å². The topological polar surface area (TPSA) is 115 Å². The predicted octanol–water partition coefficient (Wildman–Crippen LogP) is 2.77. The molecule has 4 rings (SSSR count). The summed E-state index contributed by atoms with van der Waals surface area (Å²) in [6, 6.07) is 16.6. The van der Waals surface area contributed by atoms with Gasteiger partial charge in [0.05, 0.1) is 6.61 Å². The van der Waals surface area contributed by atoms with Crippen molar-refractivity contribution in [2.45, 2.75) is 51.2 Å². The number of carbonyl (C=O) groups is 2. The van der Waals surface area contributed by atoms with Crippen LogP contribution in [0.2, 0.25) is 0 Å². The number of aliphatic hydroxyl groups excluding tert-OH is 1. The van der Waals surface area contributed by atoms with E-state index in [4.69, 9.17) is 15.5 Å². The molecule has 3 amide bonds. The molecule has 1 fully saturated rings. The van der Waals surface area contributed by atoms with Crippen LogP contribution in [-0.4, -0.2) is 101 Å². The van der Waals surface area contributed by atoms with Gasteiger partial charge in [-0.25, -0.2) is 14.8 Å². The first-order valence-corrected chi connectivity index (χ1v) is 14.1. The molecule has 0 radical (unpaired) electrons. The monoisotopic (exact) mass is 550 g/mol. The number of hydrazine groups is 1. The van der Waals surface area contributed by atoms with Gasteiger partial charge in [-0.15, -0.1) is 0 Å². The maximum atomic E-state index is 14.3. The predicted molar refractivity (Wildman–Crippen MR) is 155 cm³/mol. The number of nitrogens with two attached hydrogens (primary N) is 1. The Kier molecular flexibility index (Phi) is 9.78. The summed E-state index contributed by atoms with van der Waals surface area (Å²) in [6.07, 6.45) is 2.07. The molecule has 216 valence electrons. The first kappa shape index (κ1) is 29.5. The van der Waals surface area contributed by atoms with E-state index in [1.54, 1.807) is 12.0 Å². The quantitative estimate of drug-likeness (QED) is 0.275. The molecule has 0 saturated carbocycles. The van der Waals surface area contributed by atoms with Crippen LogP contribution in [0.4, 0.5) is 10.5 Å². The highest BCUT2D eigenvalue weighted by molar-refractivity contribution is 6.05. The Morgan fingerprint density at radius 3 is 2.48 bits per heavy atom. The number of nitrogens with zero attached hydrogens (tertiary/aromatic N) is 5. The summed E-state index contributed by atoms with van der Waals surface area (Å²) in [6.45, 7) is 5.89. The van der Waals surface area contributed by atoms with E-state index in [0.717, 1.165) is 11.1 Å². The van der Waals surface area contributed by atoms with Crippen molar-refractivity contribution in [3.05, 3.63) is 65.7 Å². The van der Waals surface area contributed by atoms with Gasteiger partial charge in [0.2, 0.25) is 0 Å². The number of benzene rings is 2. The zero-order valence-corrected chi connectivity index (χ0v) is 23.8. The molecule has 0 bridgehead atoms. The molecular weight excluding hydrogens is 508 g/mol. The molecule has 10 heteroatoms. The summed E-state index contributed by atoms with van der Waals surface area (Å²) < 4.78 is 5.22. The Hall–Kier alpha value is -3.47. The number of methoxy groups -OCH3 is 1. The van der Waals surface area contributed by atoms with Crippen molar-refractivity contribution in [1.82, 2.24) is 19.8 Å². The largest absolute Gasteiger partial charge is 0.399 e. The molecule has 2 heterocycles. The summed E-state index contributed by atoms with van der Waals surface area (Å²) in [4.78, 5) is 36.8. The van der Waals surface area contributed by atoms with Gasteiger partial charge in [-0.3, -0.25) is 19.6 Å². The molecule has 2 aromatic rings. The number of aliphatic imine (C=N–C) groups is 1. The van der Waals surface area contributed by atoms with Crippen molar-refractivity contribution in [1.29, 1.82) is 0 Å². The van der Waals surface area contributed by atoms with Crippen LogP contribution in [0.15, 0.2) is 59.6 Å². The first-order chi connectivity index (χ1) is 19.4. The summed E-state index contributed by atoms with van der Waals surface area (Å²) in [5.74, 6) is 0.438. The third-order valence-corrected chi connectivity index (χ3v) is 7.76. The normalized spacial score (nSPS) is 20.9. The lowest BCUT2D eigenvalue weighted by Gasteiger charge is -2.51. The SMILES string of the molecule is CCN(CCO)N1C(Cc2ccccc2)=NC2(CC)C1C(=O)N(CCCOC)C(=O)N2CCc1cccc(N)c1. The fourth-order valence-electron chi connectivity index (χ4n) is 5.82. The molecule has 0 aromatic heterocycles. The molecule has 0 aliphatic carbocycles. The van der Waals surface area contributed by atoms with Crippen LogP contribution in [0.25, 0.3) is 0 Å². The summed E-state index contributed by atoms with van der Waals surface area (Å²) in [7, 11) is 1.61. The van der Waals surface area contributed by atoms with Crippen molar-refractivity contribution < 1.29 is 19.4 Å². The minimum atomic E-state index is -1.08. The molecule has 10 nitrogen and oxygen atoms in total. The van der Waals surface area contributed by atoms with Gasteiger partial charge in [-0.05, 0) is 42.5 Å². The van der Waals surface area contributed by atoms with Crippen molar-refractivity contribution in [2.24, 2.45) is 4.99 Å². The number of nitrogen functional groups attached to an aromatic ring is 1. The van der Waals surface area contributed by atoms with Crippen LogP contribution in [0, 0.1) is 0 Å². The number of amides is 3. The highest BCUT2D eigenvalue weighted by Crippen LogP contribution is 2.42. The van der Waals surface area contributed by atoms with E-state index in [1.165, 1.54) is 4.90 Å². The number of imide groups is 1. The van der Waals surface area contributed by atoms with Gasteiger partial charge in [-0.2, -0.15) is 0 Å². The Labute approximate surface area is 237 Å². The van der Waals surface area contributed by atoms with Gasteiger partial charge in [0, 0.05) is 52.0 Å². The number of hydrogen-bond donors (Lipinski definition) is 2. The summed E-state index contributed by atoms with van der Waals surface area (Å²) in [5.41, 5.74) is 7.68. The van der Waals surface area contributed by atoms with Crippen molar-refractivity contribution in [3.63, 3.8) is 0 Å². The van der Waals surface area contributed by atoms with Crippen LogP contribution in [-0.2, 0) is 22.4 Å². The third kappa shape index (κ3) is 5.84. The fraction of sp³-hybridized carbons (Fsp3) is 0.500. The van der Waals surface area contributed by atoms with Crippen molar-refractivity contribution >= 4 is 23.5 Å². The number of amidine groups is 1. The second-order valence-electron chi connectivity index (χ2n) is 10.2. The minimum absolute atomic E-state index is 0.0708. The standard InChI is InChI=1S/C30H42N6O4/c1-4-30-27(36(33(5-2)18-19-37)26(32-30)22-23-11-7-6-8-12-23)28(38)34(16-10-20-40-3)29(39)35(30)17-15-24-13-9-14-25(31)21-24/h6-9,11-14,21,27,37H,4-5,10,15-20,22,31H2,1-3H3. The van der Waals surface area contributed by atoms with E-state index in [2.05, 4.69) is 0 Å². The maximum absolute atomic E-state index is 14.3. The van der Waals surface area contributed by atoms with Crippen molar-refractivity contribution in [3.8, 4) is 0 Å². The Balaban J connectivity index is 1.80. The number of likely N-dealkylation sites (N-methyl/N-ethyl adjacent to an activating group) is 1. The lowest BCUT2D eigenvalue weighted by Crippen LogP contribution is -2.74. The number of aliphatic hydroxyl groups is 1. The van der Waals surface area contributed by atoms with E-state index < -0.39 is 11.7 Å². The number of anilines is 1. The summed E-state index contributed by atoms with van der Waals surface area (Å²) >= 11 is 0. The van der Waals surface area contributed by atoms with Gasteiger partial charge in [-0.1, -0.05) is 56.3 Å². The number of rotatable bonds is 14. The molecule has 1 saturated heterocycles. The number of ether oxygens (including phenoxy) is 1. The van der Waals surface area contributed by atoms with E-state index >= 15 is 0 Å². The lowest BCUT2D eigenvalue weighted by atomic mass is 9.91. The number of fused-ring (bicyclic) bond motifs is 1. The van der Waals surface area contributed by atoms with Crippen LogP contribution in [0.1, 0.15) is 37.8 Å². The Morgan fingerprint density at radius 2 is 1.82 bits per heavy atom. The van der Waals surface area contributed by atoms with Gasteiger partial charge in [0.15, 0.2) is 11.7 Å². The van der Waals surface area contributed by atoms with Crippen LogP contribution < -0.4 is 5.73 Å². The molecule has 2 aliphatic rings. The van der Waals surface area contributed by atoms with E-state index in [0.29, 0.717) is 63.4 Å². The average molecular weight is 551 g/mol. The van der Waals surface area contributed by atoms with Gasteiger partial charge in [0.1, 0.15) is 5.84 Å². The summed E-state index contributed by atoms with van der Waals surface area (Å²) in [5, 5.41) is 13.8. The van der Waals surface area contributed by atoms with Crippen LogP contribution >= 0.6 is 0 Å². The van der Waals surface area contributed by atoms with Crippen LogP contribution in [0.5, 0.6) is 0 Å². The molecule has 0 spiro atoms. The number of carbonyl (C=O) groups excluding carboxylic acids is 2. The zero-order chi connectivity index (χ0) is 28.7. The fourth-order valence-corrected chi connectivity index (χ4v) is 5.82. The van der Waals surface area contributed by atoms with Gasteiger partial charge < -0.3 is 15.6 Å². The first-order valence-electron chi connectivity index (χ1n) is 14.1. The van der Waals surface area contributed by atoms with Gasteiger partial charge in [0.25, 0.3) is 5.91 Å². The smallest absolute Gasteiger partial charge is 0.328 e. The second kappa shape index (κ2) is 13.3. The molecule has 2 unspecified atom stereocenters. The Morgan fingerprint density at radius 1 is 1.07 bits per heavy atom. The third-order valence-electron chi connectivity index (χ3n) is 7.76.